The molecule has 0 spiro atoms. The van der Waals surface area contributed by atoms with Gasteiger partial charge in [0.1, 0.15) is 0 Å². The van der Waals surface area contributed by atoms with E-state index in [-0.39, 0.29) is 0 Å². The van der Waals surface area contributed by atoms with Gasteiger partial charge in [0.25, 0.3) is 0 Å². The highest BCUT2D eigenvalue weighted by atomic mass is 15.4. The zero-order chi connectivity index (χ0) is 14.8. The SMILES string of the molecule is CCCn1nc(N(C)C)c2cc(-c3ccncc3)cnc21. The van der Waals surface area contributed by atoms with Gasteiger partial charge in [-0.1, -0.05) is 6.92 Å². The number of fused-ring (bicyclic) bond motifs is 1. The molecule has 0 atom stereocenters. The third kappa shape index (κ3) is 2.46. The molecule has 3 heterocycles. The minimum Gasteiger partial charge on any atom is -0.361 e. The Morgan fingerprint density at radius 3 is 2.57 bits per heavy atom. The van der Waals surface area contributed by atoms with Crippen LogP contribution in [0.1, 0.15) is 13.3 Å². The second-order valence-corrected chi connectivity index (χ2v) is 5.27. The summed E-state index contributed by atoms with van der Waals surface area (Å²) in [6.45, 7) is 3.03. The van der Waals surface area contributed by atoms with Gasteiger partial charge in [0, 0.05) is 44.8 Å². The summed E-state index contributed by atoms with van der Waals surface area (Å²) >= 11 is 0. The smallest absolute Gasteiger partial charge is 0.160 e. The lowest BCUT2D eigenvalue weighted by Crippen LogP contribution is -2.10. The third-order valence-corrected chi connectivity index (χ3v) is 3.44. The van der Waals surface area contributed by atoms with Crippen molar-refractivity contribution in [3.63, 3.8) is 0 Å². The van der Waals surface area contributed by atoms with Crippen molar-refractivity contribution in [2.45, 2.75) is 19.9 Å². The predicted octanol–water partition coefficient (Wildman–Crippen LogP) is 2.97. The molecule has 5 nitrogen and oxygen atoms in total. The summed E-state index contributed by atoms with van der Waals surface area (Å²) in [7, 11) is 4.02. The van der Waals surface area contributed by atoms with Gasteiger partial charge in [0.15, 0.2) is 11.5 Å². The second kappa shape index (κ2) is 5.52. The lowest BCUT2D eigenvalue weighted by molar-refractivity contribution is 0.616. The minimum atomic E-state index is 0.881. The molecule has 3 aromatic heterocycles. The van der Waals surface area contributed by atoms with Crippen LogP contribution in [-0.2, 0) is 6.54 Å². The number of rotatable bonds is 4. The van der Waals surface area contributed by atoms with Gasteiger partial charge >= 0.3 is 0 Å². The van der Waals surface area contributed by atoms with Crippen LogP contribution in [0.2, 0.25) is 0 Å². The summed E-state index contributed by atoms with van der Waals surface area (Å²) in [6, 6.07) is 6.15. The van der Waals surface area contributed by atoms with E-state index in [9.17, 15) is 0 Å². The molecule has 0 aliphatic rings. The third-order valence-electron chi connectivity index (χ3n) is 3.44. The first-order chi connectivity index (χ1) is 10.2. The fourth-order valence-corrected chi connectivity index (χ4v) is 2.44. The quantitative estimate of drug-likeness (QED) is 0.737. The van der Waals surface area contributed by atoms with E-state index in [1.165, 1.54) is 0 Å². The van der Waals surface area contributed by atoms with Gasteiger partial charge in [0.05, 0.1) is 5.39 Å². The standard InChI is InChI=1S/C16H19N5/c1-4-9-21-15-14(16(19-21)20(2)3)10-13(11-18-15)12-5-7-17-8-6-12/h5-8,10-11H,4,9H2,1-3H3. The van der Waals surface area contributed by atoms with Gasteiger partial charge in [-0.25, -0.2) is 9.67 Å². The van der Waals surface area contributed by atoms with Gasteiger partial charge in [-0.2, -0.15) is 5.10 Å². The second-order valence-electron chi connectivity index (χ2n) is 5.27. The topological polar surface area (TPSA) is 46.8 Å². The average molecular weight is 281 g/mol. The molecule has 5 heteroatoms. The molecular formula is C16H19N5. The molecule has 0 saturated heterocycles. The number of hydrogen-bond donors (Lipinski definition) is 0. The highest BCUT2D eigenvalue weighted by molar-refractivity contribution is 5.91. The van der Waals surface area contributed by atoms with Crippen molar-refractivity contribution < 1.29 is 0 Å². The number of anilines is 1. The zero-order valence-corrected chi connectivity index (χ0v) is 12.6. The van der Waals surface area contributed by atoms with Crippen molar-refractivity contribution in [3.8, 4) is 11.1 Å². The number of pyridine rings is 2. The largest absolute Gasteiger partial charge is 0.361 e. The number of hydrogen-bond acceptors (Lipinski definition) is 4. The highest BCUT2D eigenvalue weighted by Crippen LogP contribution is 2.28. The Balaban J connectivity index is 2.18. The summed E-state index contributed by atoms with van der Waals surface area (Å²) in [5.74, 6) is 0.960. The van der Waals surface area contributed by atoms with Crippen LogP contribution < -0.4 is 4.90 Å². The molecule has 3 rings (SSSR count). The Labute approximate surface area is 124 Å². The van der Waals surface area contributed by atoms with Crippen LogP contribution in [0.5, 0.6) is 0 Å². The number of aromatic nitrogens is 4. The van der Waals surface area contributed by atoms with Crippen molar-refractivity contribution in [1.29, 1.82) is 0 Å². The van der Waals surface area contributed by atoms with Gasteiger partial charge < -0.3 is 4.90 Å². The fraction of sp³-hybridized carbons (Fsp3) is 0.312. The molecule has 21 heavy (non-hydrogen) atoms. The van der Waals surface area contributed by atoms with Crippen molar-refractivity contribution >= 4 is 16.9 Å². The first-order valence-electron chi connectivity index (χ1n) is 7.15. The van der Waals surface area contributed by atoms with E-state index >= 15 is 0 Å². The molecule has 0 N–H and O–H groups in total. The van der Waals surface area contributed by atoms with Crippen LogP contribution in [0.25, 0.3) is 22.2 Å². The summed E-state index contributed by atoms with van der Waals surface area (Å²) in [6.07, 6.45) is 6.54. The summed E-state index contributed by atoms with van der Waals surface area (Å²) in [5.41, 5.74) is 3.15. The molecule has 0 aromatic carbocycles. The molecule has 0 amide bonds. The lowest BCUT2D eigenvalue weighted by atomic mass is 10.1. The minimum absolute atomic E-state index is 0.881. The Kier molecular flexibility index (Phi) is 3.56. The predicted molar refractivity (Wildman–Crippen MR) is 85.4 cm³/mol. The maximum Gasteiger partial charge on any atom is 0.160 e. The molecule has 0 aliphatic heterocycles. The van der Waals surface area contributed by atoms with E-state index in [1.807, 2.05) is 42.0 Å². The highest BCUT2D eigenvalue weighted by Gasteiger charge is 2.14. The van der Waals surface area contributed by atoms with Crippen LogP contribution in [0.3, 0.4) is 0 Å². The van der Waals surface area contributed by atoms with Crippen LogP contribution >= 0.6 is 0 Å². The van der Waals surface area contributed by atoms with Crippen molar-refractivity contribution in [2.75, 3.05) is 19.0 Å². The van der Waals surface area contributed by atoms with Gasteiger partial charge in [-0.15, -0.1) is 0 Å². The van der Waals surface area contributed by atoms with Gasteiger partial charge in [0.2, 0.25) is 0 Å². The van der Waals surface area contributed by atoms with Crippen LogP contribution in [-0.4, -0.2) is 33.8 Å². The Bertz CT molecular complexity index is 746. The lowest BCUT2D eigenvalue weighted by Gasteiger charge is -2.08. The molecule has 0 saturated carbocycles. The van der Waals surface area contributed by atoms with E-state index in [1.54, 1.807) is 12.4 Å². The van der Waals surface area contributed by atoms with Gasteiger partial charge in [-0.3, -0.25) is 4.98 Å². The van der Waals surface area contributed by atoms with E-state index in [0.29, 0.717) is 0 Å². The van der Waals surface area contributed by atoms with E-state index in [0.717, 1.165) is 40.9 Å². The molecule has 108 valence electrons. The number of aryl methyl sites for hydroxylation is 1. The molecule has 0 radical (unpaired) electrons. The monoisotopic (exact) mass is 281 g/mol. The van der Waals surface area contributed by atoms with Crippen molar-refractivity contribution in [2.24, 2.45) is 0 Å². The van der Waals surface area contributed by atoms with E-state index < -0.39 is 0 Å². The zero-order valence-electron chi connectivity index (χ0n) is 12.6. The van der Waals surface area contributed by atoms with Crippen molar-refractivity contribution in [1.82, 2.24) is 19.7 Å². The Hall–Kier alpha value is -2.43. The summed E-state index contributed by atoms with van der Waals surface area (Å²) in [4.78, 5) is 10.7. The van der Waals surface area contributed by atoms with E-state index in [2.05, 4.69) is 28.1 Å². The van der Waals surface area contributed by atoms with Crippen LogP contribution in [0.15, 0.2) is 36.8 Å². The van der Waals surface area contributed by atoms with Crippen LogP contribution in [0.4, 0.5) is 5.82 Å². The maximum atomic E-state index is 4.68. The molecule has 3 aromatic rings. The maximum absolute atomic E-state index is 4.68. The Morgan fingerprint density at radius 2 is 1.90 bits per heavy atom. The Morgan fingerprint density at radius 1 is 1.14 bits per heavy atom. The molecule has 0 bridgehead atoms. The molecule has 0 fully saturated rings. The summed E-state index contributed by atoms with van der Waals surface area (Å²) in [5, 5.41) is 5.77. The number of nitrogens with zero attached hydrogens (tertiary/aromatic N) is 5. The normalized spacial score (nSPS) is 11.0. The molecule has 0 unspecified atom stereocenters. The average Bonchev–Trinajstić information content (AvgIpc) is 2.87. The fourth-order valence-electron chi connectivity index (χ4n) is 2.44. The van der Waals surface area contributed by atoms with Gasteiger partial charge in [-0.05, 0) is 30.2 Å². The van der Waals surface area contributed by atoms with Crippen molar-refractivity contribution in [3.05, 3.63) is 36.8 Å². The first kappa shape index (κ1) is 13.5. The summed E-state index contributed by atoms with van der Waals surface area (Å²) < 4.78 is 1.99. The van der Waals surface area contributed by atoms with Crippen LogP contribution in [0, 0.1) is 0 Å². The molecule has 0 aliphatic carbocycles. The van der Waals surface area contributed by atoms with E-state index in [4.69, 9.17) is 0 Å². The first-order valence-corrected chi connectivity index (χ1v) is 7.15. The molecular weight excluding hydrogens is 262 g/mol.